The molecule has 1 aromatic rings. The van der Waals surface area contributed by atoms with Gasteiger partial charge in [-0.1, -0.05) is 36.7 Å². The van der Waals surface area contributed by atoms with Gasteiger partial charge in [-0.2, -0.15) is 0 Å². The third-order valence-electron chi connectivity index (χ3n) is 4.74. The zero-order chi connectivity index (χ0) is 13.9. The van der Waals surface area contributed by atoms with Gasteiger partial charge in [-0.3, -0.25) is 4.90 Å². The van der Waals surface area contributed by atoms with Crippen LogP contribution in [-0.4, -0.2) is 29.6 Å². The van der Waals surface area contributed by atoms with Crippen molar-refractivity contribution in [2.75, 3.05) is 13.1 Å². The number of nitrogens with zero attached hydrogens (tertiary/aromatic N) is 1. The molecule has 1 aromatic carbocycles. The summed E-state index contributed by atoms with van der Waals surface area (Å²) in [4.78, 5) is 2.56. The smallest absolute Gasteiger partial charge is 0.0438 e. The largest absolute Gasteiger partial charge is 0.326 e. The lowest BCUT2D eigenvalue weighted by atomic mass is 9.84. The molecule has 0 saturated carbocycles. The molecule has 106 valence electrons. The Morgan fingerprint density at radius 3 is 2.53 bits per heavy atom. The van der Waals surface area contributed by atoms with Gasteiger partial charge in [0.1, 0.15) is 0 Å². The van der Waals surface area contributed by atoms with Crippen LogP contribution in [0.3, 0.4) is 0 Å². The molecule has 2 nitrogen and oxygen atoms in total. The van der Waals surface area contributed by atoms with Crippen LogP contribution in [0.4, 0.5) is 0 Å². The van der Waals surface area contributed by atoms with Crippen molar-refractivity contribution in [2.24, 2.45) is 5.73 Å². The molecule has 1 heterocycles. The van der Waals surface area contributed by atoms with E-state index in [0.29, 0.717) is 0 Å². The first-order chi connectivity index (χ1) is 9.08. The summed E-state index contributed by atoms with van der Waals surface area (Å²) in [5.74, 6) is 0. The van der Waals surface area contributed by atoms with Crippen molar-refractivity contribution in [1.29, 1.82) is 0 Å². The topological polar surface area (TPSA) is 29.3 Å². The van der Waals surface area contributed by atoms with Crippen LogP contribution in [0.5, 0.6) is 0 Å². The number of likely N-dealkylation sites (tertiary alicyclic amines) is 1. The second-order valence-electron chi connectivity index (χ2n) is 5.81. The Hall–Kier alpha value is -0.570. The molecule has 0 spiro atoms. The SMILES string of the molecule is CCC(C)(C(N)Cc1ccccc1Cl)N1CCCC1. The molecule has 19 heavy (non-hydrogen) atoms. The highest BCUT2D eigenvalue weighted by atomic mass is 35.5. The third kappa shape index (κ3) is 3.13. The maximum absolute atomic E-state index is 6.54. The molecule has 2 N–H and O–H groups in total. The maximum Gasteiger partial charge on any atom is 0.0438 e. The van der Waals surface area contributed by atoms with Crippen LogP contribution in [-0.2, 0) is 6.42 Å². The predicted octanol–water partition coefficient (Wildman–Crippen LogP) is 3.47. The maximum atomic E-state index is 6.54. The number of nitrogens with two attached hydrogens (primary N) is 1. The molecule has 0 radical (unpaired) electrons. The first-order valence-corrected chi connectivity index (χ1v) is 7.69. The fourth-order valence-electron chi connectivity index (χ4n) is 3.07. The monoisotopic (exact) mass is 280 g/mol. The summed E-state index contributed by atoms with van der Waals surface area (Å²) in [6, 6.07) is 8.16. The number of hydrogen-bond acceptors (Lipinski definition) is 2. The quantitative estimate of drug-likeness (QED) is 0.895. The van der Waals surface area contributed by atoms with Crippen molar-refractivity contribution in [1.82, 2.24) is 4.90 Å². The van der Waals surface area contributed by atoms with Crippen molar-refractivity contribution in [3.8, 4) is 0 Å². The first kappa shape index (κ1) is 14.8. The molecular weight excluding hydrogens is 256 g/mol. The average Bonchev–Trinajstić information content (AvgIpc) is 2.95. The molecule has 1 fully saturated rings. The van der Waals surface area contributed by atoms with Gasteiger partial charge in [0.25, 0.3) is 0 Å². The summed E-state index contributed by atoms with van der Waals surface area (Å²) >= 11 is 6.25. The van der Waals surface area contributed by atoms with Crippen LogP contribution in [0.15, 0.2) is 24.3 Å². The van der Waals surface area contributed by atoms with Crippen LogP contribution in [0.1, 0.15) is 38.7 Å². The van der Waals surface area contributed by atoms with E-state index in [1.54, 1.807) is 0 Å². The molecule has 0 bridgehead atoms. The predicted molar refractivity (Wildman–Crippen MR) is 82.6 cm³/mol. The number of hydrogen-bond donors (Lipinski definition) is 1. The van der Waals surface area contributed by atoms with Gasteiger partial charge in [-0.15, -0.1) is 0 Å². The lowest BCUT2D eigenvalue weighted by Gasteiger charge is -2.43. The van der Waals surface area contributed by atoms with Crippen LogP contribution in [0, 0.1) is 0 Å². The van der Waals surface area contributed by atoms with Crippen molar-refractivity contribution >= 4 is 11.6 Å². The van der Waals surface area contributed by atoms with Crippen molar-refractivity contribution in [2.45, 2.75) is 51.1 Å². The Morgan fingerprint density at radius 2 is 1.95 bits per heavy atom. The van der Waals surface area contributed by atoms with Gasteiger partial charge in [-0.05, 0) is 57.3 Å². The highest BCUT2D eigenvalue weighted by molar-refractivity contribution is 6.31. The Labute approximate surface area is 121 Å². The van der Waals surface area contributed by atoms with Gasteiger partial charge < -0.3 is 5.73 Å². The third-order valence-corrected chi connectivity index (χ3v) is 5.11. The molecule has 1 aliphatic rings. The minimum Gasteiger partial charge on any atom is -0.326 e. The Kier molecular flexibility index (Phi) is 4.88. The zero-order valence-electron chi connectivity index (χ0n) is 12.0. The van der Waals surface area contributed by atoms with E-state index in [1.807, 2.05) is 18.2 Å². The molecule has 0 amide bonds. The summed E-state index contributed by atoms with van der Waals surface area (Å²) in [6.45, 7) is 6.91. The van der Waals surface area contributed by atoms with Gasteiger partial charge in [0.05, 0.1) is 0 Å². The van der Waals surface area contributed by atoms with Crippen LogP contribution < -0.4 is 5.73 Å². The van der Waals surface area contributed by atoms with E-state index >= 15 is 0 Å². The molecular formula is C16H25ClN2. The van der Waals surface area contributed by atoms with Crippen LogP contribution in [0.2, 0.25) is 5.02 Å². The summed E-state index contributed by atoms with van der Waals surface area (Å²) in [6.07, 6.45) is 4.53. The Bertz CT molecular complexity index is 415. The van der Waals surface area contributed by atoms with Crippen molar-refractivity contribution in [3.63, 3.8) is 0 Å². The molecule has 2 atom stereocenters. The van der Waals surface area contributed by atoms with E-state index in [0.717, 1.165) is 23.4 Å². The second-order valence-corrected chi connectivity index (χ2v) is 6.21. The van der Waals surface area contributed by atoms with Gasteiger partial charge in [0.15, 0.2) is 0 Å². The van der Waals surface area contributed by atoms with Gasteiger partial charge in [0, 0.05) is 16.6 Å². The second kappa shape index (κ2) is 6.25. The molecule has 0 aliphatic carbocycles. The number of rotatable bonds is 5. The van der Waals surface area contributed by atoms with E-state index < -0.39 is 0 Å². The van der Waals surface area contributed by atoms with Crippen LogP contribution in [0.25, 0.3) is 0 Å². The number of halogens is 1. The van der Waals surface area contributed by atoms with Gasteiger partial charge in [0.2, 0.25) is 0 Å². The highest BCUT2D eigenvalue weighted by Gasteiger charge is 2.37. The van der Waals surface area contributed by atoms with Crippen molar-refractivity contribution < 1.29 is 0 Å². The lowest BCUT2D eigenvalue weighted by molar-refractivity contribution is 0.0999. The van der Waals surface area contributed by atoms with E-state index in [9.17, 15) is 0 Å². The van der Waals surface area contributed by atoms with E-state index in [-0.39, 0.29) is 11.6 Å². The van der Waals surface area contributed by atoms with Crippen LogP contribution >= 0.6 is 11.6 Å². The van der Waals surface area contributed by atoms with E-state index in [2.05, 4.69) is 24.8 Å². The zero-order valence-corrected chi connectivity index (χ0v) is 12.8. The first-order valence-electron chi connectivity index (χ1n) is 7.32. The van der Waals surface area contributed by atoms with Gasteiger partial charge >= 0.3 is 0 Å². The summed E-state index contributed by atoms with van der Waals surface area (Å²) in [5, 5.41) is 0.831. The Balaban J connectivity index is 2.12. The summed E-state index contributed by atoms with van der Waals surface area (Å²) in [5.41, 5.74) is 7.78. The molecule has 3 heteroatoms. The van der Waals surface area contributed by atoms with E-state index in [4.69, 9.17) is 17.3 Å². The van der Waals surface area contributed by atoms with Gasteiger partial charge in [-0.25, -0.2) is 0 Å². The minimum absolute atomic E-state index is 0.0790. The fraction of sp³-hybridized carbons (Fsp3) is 0.625. The minimum atomic E-state index is 0.0790. The van der Waals surface area contributed by atoms with Crippen molar-refractivity contribution in [3.05, 3.63) is 34.9 Å². The highest BCUT2D eigenvalue weighted by Crippen LogP contribution is 2.29. The van der Waals surface area contributed by atoms with E-state index in [1.165, 1.54) is 25.9 Å². The Morgan fingerprint density at radius 1 is 1.32 bits per heavy atom. The lowest BCUT2D eigenvalue weighted by Crippen LogP contribution is -2.57. The molecule has 1 saturated heterocycles. The molecule has 0 aromatic heterocycles. The molecule has 1 aliphatic heterocycles. The fourth-order valence-corrected chi connectivity index (χ4v) is 3.28. The molecule has 2 rings (SSSR count). The summed E-state index contributed by atoms with van der Waals surface area (Å²) < 4.78 is 0. The summed E-state index contributed by atoms with van der Waals surface area (Å²) in [7, 11) is 0. The normalized spacial score (nSPS) is 21.3. The standard InChI is InChI=1S/C16H25ClN2/c1-3-16(2,19-10-6-7-11-19)15(18)12-13-8-4-5-9-14(13)17/h4-5,8-9,15H,3,6-7,10-12,18H2,1-2H3. The number of benzene rings is 1. The molecule has 2 unspecified atom stereocenters. The average molecular weight is 281 g/mol.